The van der Waals surface area contributed by atoms with Crippen LogP contribution in [0.2, 0.25) is 0 Å². The van der Waals surface area contributed by atoms with Crippen LogP contribution < -0.4 is 5.32 Å². The summed E-state index contributed by atoms with van der Waals surface area (Å²) < 4.78 is 0. The summed E-state index contributed by atoms with van der Waals surface area (Å²) in [6.07, 6.45) is 3.74. The minimum Gasteiger partial charge on any atom is -0.310 e. The normalized spacial score (nSPS) is 11.1. The van der Waals surface area contributed by atoms with Crippen LogP contribution in [-0.4, -0.2) is 16.0 Å². The quantitative estimate of drug-likeness (QED) is 0.891. The summed E-state index contributed by atoms with van der Waals surface area (Å²) in [7, 11) is 0. The number of nitrogens with one attached hydrogen (secondary N) is 1. The Kier molecular flexibility index (Phi) is 3.45. The van der Waals surface area contributed by atoms with Gasteiger partial charge in [-0.15, -0.1) is 22.7 Å². The minimum atomic E-state index is 0.510. The Bertz CT molecular complexity index is 406. The largest absolute Gasteiger partial charge is 0.310 e. The van der Waals surface area contributed by atoms with Crippen LogP contribution in [0.15, 0.2) is 17.8 Å². The van der Waals surface area contributed by atoms with Crippen molar-refractivity contribution in [3.63, 3.8) is 0 Å². The molecule has 0 unspecified atom stereocenters. The van der Waals surface area contributed by atoms with Gasteiger partial charge >= 0.3 is 0 Å². The van der Waals surface area contributed by atoms with Crippen molar-refractivity contribution in [1.82, 2.24) is 15.3 Å². The molecule has 0 fully saturated rings. The van der Waals surface area contributed by atoms with Crippen molar-refractivity contribution >= 4 is 22.7 Å². The molecule has 2 rings (SSSR count). The smallest absolute Gasteiger partial charge is 0.152 e. The van der Waals surface area contributed by atoms with Gasteiger partial charge in [-0.2, -0.15) is 0 Å². The topological polar surface area (TPSA) is 37.8 Å². The molecule has 2 aromatic rings. The van der Waals surface area contributed by atoms with Gasteiger partial charge in [-0.05, 0) is 0 Å². The molecule has 0 atom stereocenters. The van der Waals surface area contributed by atoms with Crippen LogP contribution >= 0.6 is 22.7 Å². The monoisotopic (exact) mass is 239 g/mol. The van der Waals surface area contributed by atoms with Crippen molar-refractivity contribution in [2.24, 2.45) is 0 Å². The molecular weight excluding hydrogens is 226 g/mol. The van der Waals surface area contributed by atoms with Crippen molar-refractivity contribution in [3.05, 3.63) is 22.7 Å². The summed E-state index contributed by atoms with van der Waals surface area (Å²) >= 11 is 3.34. The molecule has 1 N–H and O–H groups in total. The molecule has 3 nitrogen and oxygen atoms in total. The minimum absolute atomic E-state index is 0.510. The lowest BCUT2D eigenvalue weighted by Crippen LogP contribution is -2.21. The fourth-order valence-electron chi connectivity index (χ4n) is 1.12. The van der Waals surface area contributed by atoms with Crippen LogP contribution in [0.25, 0.3) is 10.0 Å². The van der Waals surface area contributed by atoms with Crippen molar-refractivity contribution < 1.29 is 0 Å². The van der Waals surface area contributed by atoms with Crippen LogP contribution in [0.4, 0.5) is 0 Å². The highest BCUT2D eigenvalue weighted by Crippen LogP contribution is 2.26. The molecule has 0 spiro atoms. The van der Waals surface area contributed by atoms with Crippen LogP contribution in [0.1, 0.15) is 18.7 Å². The number of thiazole rings is 2. The third kappa shape index (κ3) is 2.84. The van der Waals surface area contributed by atoms with Gasteiger partial charge in [0.2, 0.25) is 0 Å². The van der Waals surface area contributed by atoms with Crippen LogP contribution in [0.3, 0.4) is 0 Å². The third-order valence-corrected chi connectivity index (χ3v) is 3.77. The highest BCUT2D eigenvalue weighted by atomic mass is 32.1. The Morgan fingerprint density at radius 2 is 2.20 bits per heavy atom. The molecule has 5 heteroatoms. The average Bonchev–Trinajstić information content (AvgIpc) is 2.85. The second-order valence-corrected chi connectivity index (χ2v) is 5.51. The zero-order valence-corrected chi connectivity index (χ0v) is 10.4. The lowest BCUT2D eigenvalue weighted by atomic mass is 10.4. The van der Waals surface area contributed by atoms with Gasteiger partial charge in [-0.25, -0.2) is 9.97 Å². The highest BCUT2D eigenvalue weighted by molar-refractivity contribution is 7.20. The maximum atomic E-state index is 4.36. The Morgan fingerprint density at radius 3 is 2.87 bits per heavy atom. The van der Waals surface area contributed by atoms with E-state index in [2.05, 4.69) is 29.1 Å². The molecule has 0 bridgehead atoms. The lowest BCUT2D eigenvalue weighted by molar-refractivity contribution is 0.593. The van der Waals surface area contributed by atoms with E-state index in [1.165, 1.54) is 4.88 Å². The number of rotatable bonds is 4. The fourth-order valence-corrected chi connectivity index (χ4v) is 2.67. The zero-order valence-electron chi connectivity index (χ0n) is 8.73. The summed E-state index contributed by atoms with van der Waals surface area (Å²) in [5.41, 5.74) is 0. The van der Waals surface area contributed by atoms with E-state index in [4.69, 9.17) is 0 Å². The van der Waals surface area contributed by atoms with Gasteiger partial charge < -0.3 is 5.32 Å². The first kappa shape index (κ1) is 10.7. The molecular formula is C10H13N3S2. The van der Waals surface area contributed by atoms with Crippen molar-refractivity contribution in [3.8, 4) is 10.0 Å². The summed E-state index contributed by atoms with van der Waals surface area (Å²) in [4.78, 5) is 9.86. The summed E-state index contributed by atoms with van der Waals surface area (Å²) in [6, 6.07) is 0.510. The molecule has 0 saturated carbocycles. The molecule has 0 saturated heterocycles. The number of nitrogens with zero attached hydrogens (tertiary/aromatic N) is 2. The van der Waals surface area contributed by atoms with Crippen molar-refractivity contribution in [2.75, 3.05) is 0 Å². The third-order valence-electron chi connectivity index (χ3n) is 1.85. The predicted octanol–water partition coefficient (Wildman–Crippen LogP) is 2.76. The van der Waals surface area contributed by atoms with Gasteiger partial charge in [0.1, 0.15) is 0 Å². The molecule has 0 aliphatic rings. The predicted molar refractivity (Wildman–Crippen MR) is 65.2 cm³/mol. The zero-order chi connectivity index (χ0) is 10.7. The van der Waals surface area contributed by atoms with Gasteiger partial charge in [-0.3, -0.25) is 0 Å². The second-order valence-electron chi connectivity index (χ2n) is 3.50. The maximum Gasteiger partial charge on any atom is 0.152 e. The van der Waals surface area contributed by atoms with Crippen LogP contribution in [0, 0.1) is 0 Å². The fraction of sp³-hybridized carbons (Fsp3) is 0.400. The number of hydrogen-bond acceptors (Lipinski definition) is 5. The van der Waals surface area contributed by atoms with E-state index < -0.39 is 0 Å². The molecule has 80 valence electrons. The van der Waals surface area contributed by atoms with Crippen LogP contribution in [-0.2, 0) is 6.54 Å². The lowest BCUT2D eigenvalue weighted by Gasteiger charge is -2.04. The van der Waals surface area contributed by atoms with E-state index in [1.807, 2.05) is 17.8 Å². The first-order chi connectivity index (χ1) is 7.25. The Balaban J connectivity index is 2.04. The maximum absolute atomic E-state index is 4.36. The van der Waals surface area contributed by atoms with E-state index in [1.54, 1.807) is 22.7 Å². The van der Waals surface area contributed by atoms with Gasteiger partial charge in [0, 0.05) is 35.2 Å². The first-order valence-corrected chi connectivity index (χ1v) is 6.53. The van der Waals surface area contributed by atoms with Crippen molar-refractivity contribution in [1.29, 1.82) is 0 Å². The van der Waals surface area contributed by atoms with E-state index in [0.29, 0.717) is 6.04 Å². The van der Waals surface area contributed by atoms with Crippen molar-refractivity contribution in [2.45, 2.75) is 26.4 Å². The van der Waals surface area contributed by atoms with Gasteiger partial charge in [0.15, 0.2) is 10.0 Å². The Labute approximate surface area is 97.2 Å². The Hall–Kier alpha value is -0.780. The molecule has 0 amide bonds. The molecule has 0 aromatic carbocycles. The van der Waals surface area contributed by atoms with Gasteiger partial charge in [0.25, 0.3) is 0 Å². The van der Waals surface area contributed by atoms with E-state index in [0.717, 1.165) is 16.6 Å². The molecule has 0 aliphatic carbocycles. The summed E-state index contributed by atoms with van der Waals surface area (Å²) in [5, 5.41) is 7.38. The second kappa shape index (κ2) is 4.83. The van der Waals surface area contributed by atoms with E-state index in [-0.39, 0.29) is 0 Å². The summed E-state index contributed by atoms with van der Waals surface area (Å²) in [6.45, 7) is 5.17. The molecule has 15 heavy (non-hydrogen) atoms. The molecule has 2 aromatic heterocycles. The molecule has 2 heterocycles. The number of hydrogen-bond donors (Lipinski definition) is 1. The first-order valence-electron chi connectivity index (χ1n) is 4.83. The Morgan fingerprint density at radius 1 is 1.33 bits per heavy atom. The van der Waals surface area contributed by atoms with Crippen LogP contribution in [0.5, 0.6) is 0 Å². The standard InChI is InChI=1S/C10H13N3S2/c1-7(2)12-5-8-6-13-10(15-8)9-11-3-4-14-9/h3-4,6-7,12H,5H2,1-2H3. The molecule has 0 radical (unpaired) electrons. The van der Waals surface area contributed by atoms with Gasteiger partial charge in [-0.1, -0.05) is 13.8 Å². The average molecular weight is 239 g/mol. The SMILES string of the molecule is CC(C)NCc1cnc(-c2nccs2)s1. The van der Waals surface area contributed by atoms with E-state index in [9.17, 15) is 0 Å². The van der Waals surface area contributed by atoms with E-state index >= 15 is 0 Å². The highest BCUT2D eigenvalue weighted by Gasteiger charge is 2.06. The van der Waals surface area contributed by atoms with Gasteiger partial charge in [0.05, 0.1) is 0 Å². The molecule has 0 aliphatic heterocycles. The number of aromatic nitrogens is 2. The summed E-state index contributed by atoms with van der Waals surface area (Å²) in [5.74, 6) is 0.